The van der Waals surface area contributed by atoms with Gasteiger partial charge in [0.05, 0.1) is 0 Å². The fourth-order valence-corrected chi connectivity index (χ4v) is 8.55. The Labute approximate surface area is 404 Å². The normalized spacial score (nSPS) is 12.1. The summed E-state index contributed by atoms with van der Waals surface area (Å²) in [5, 5.41) is 0. The topological polar surface area (TPSA) is 78.9 Å². The van der Waals surface area contributed by atoms with Gasteiger partial charge in [0.25, 0.3) is 0 Å². The average molecular weight is 916 g/mol. The van der Waals surface area contributed by atoms with E-state index in [1.807, 2.05) is 0 Å². The molecule has 1 unspecified atom stereocenters. The summed E-state index contributed by atoms with van der Waals surface area (Å²) in [7, 11) is 0. The number of ether oxygens (including phenoxy) is 3. The zero-order chi connectivity index (χ0) is 47.2. The lowest BCUT2D eigenvalue weighted by atomic mass is 10.0. The molecule has 0 spiro atoms. The lowest BCUT2D eigenvalue weighted by Crippen LogP contribution is -2.30. The van der Waals surface area contributed by atoms with Crippen molar-refractivity contribution < 1.29 is 28.6 Å². The van der Waals surface area contributed by atoms with E-state index >= 15 is 0 Å². The van der Waals surface area contributed by atoms with E-state index in [0.29, 0.717) is 19.3 Å². The molecule has 0 aromatic rings. The van der Waals surface area contributed by atoms with E-state index in [0.717, 1.165) is 64.2 Å². The largest absolute Gasteiger partial charge is 0.462 e. The molecular weight excluding hydrogens is 805 g/mol. The maximum absolute atomic E-state index is 12.8. The second kappa shape index (κ2) is 54.5. The molecule has 6 heteroatoms. The van der Waals surface area contributed by atoms with Gasteiger partial charge in [-0.3, -0.25) is 14.4 Å². The third kappa shape index (κ3) is 52.7. The van der Waals surface area contributed by atoms with Gasteiger partial charge in [-0.15, -0.1) is 0 Å². The number of unbranched alkanes of at least 4 members (excludes halogenated alkanes) is 38. The summed E-state index contributed by atoms with van der Waals surface area (Å²) >= 11 is 0. The van der Waals surface area contributed by atoms with E-state index in [-0.39, 0.29) is 31.1 Å². The first-order chi connectivity index (χ1) is 32.0. The number of allylic oxidation sites excluding steroid dienone is 4. The summed E-state index contributed by atoms with van der Waals surface area (Å²) < 4.78 is 16.9. The fourth-order valence-electron chi connectivity index (χ4n) is 8.55. The SMILES string of the molecule is CCCCCCCCC=CCCCCCCCCCC(=O)OCC(COC(=O)CCCCCCCCCCCCCCCCC)OC(=O)CCCCCCCC=CCCCCCCCC. The molecule has 0 fully saturated rings. The quantitative estimate of drug-likeness (QED) is 0.0262. The van der Waals surface area contributed by atoms with Crippen LogP contribution in [-0.4, -0.2) is 37.2 Å². The Kier molecular flexibility index (Phi) is 52.7. The van der Waals surface area contributed by atoms with Crippen LogP contribution in [0.4, 0.5) is 0 Å². The predicted molar refractivity (Wildman–Crippen MR) is 279 cm³/mol. The van der Waals surface area contributed by atoms with Crippen molar-refractivity contribution in [1.29, 1.82) is 0 Å². The summed E-state index contributed by atoms with van der Waals surface area (Å²) in [6.07, 6.45) is 63.0. The molecule has 0 aliphatic rings. The van der Waals surface area contributed by atoms with Gasteiger partial charge in [-0.2, -0.15) is 0 Å². The molecular formula is C59H110O6. The number of hydrogen-bond donors (Lipinski definition) is 0. The van der Waals surface area contributed by atoms with Gasteiger partial charge in [-0.1, -0.05) is 251 Å². The van der Waals surface area contributed by atoms with Crippen LogP contribution < -0.4 is 0 Å². The Morgan fingerprint density at radius 2 is 0.508 bits per heavy atom. The van der Waals surface area contributed by atoms with Gasteiger partial charge < -0.3 is 14.2 Å². The van der Waals surface area contributed by atoms with Crippen molar-refractivity contribution in [3.8, 4) is 0 Å². The Bertz CT molecular complexity index is 1050. The first-order valence-electron chi connectivity index (χ1n) is 28.8. The zero-order valence-electron chi connectivity index (χ0n) is 43.8. The van der Waals surface area contributed by atoms with Crippen molar-refractivity contribution in [3.63, 3.8) is 0 Å². The van der Waals surface area contributed by atoms with Crippen LogP contribution in [0.2, 0.25) is 0 Å². The van der Waals surface area contributed by atoms with Crippen molar-refractivity contribution in [2.45, 2.75) is 322 Å². The highest BCUT2D eigenvalue weighted by Crippen LogP contribution is 2.16. The predicted octanol–water partition coefficient (Wildman–Crippen LogP) is 19.1. The molecule has 0 rings (SSSR count). The number of rotatable bonds is 53. The number of carbonyl (C=O) groups excluding carboxylic acids is 3. The molecule has 0 saturated heterocycles. The first kappa shape index (κ1) is 62.9. The Balaban J connectivity index is 4.34. The Morgan fingerprint density at radius 3 is 0.769 bits per heavy atom. The smallest absolute Gasteiger partial charge is 0.306 e. The molecule has 65 heavy (non-hydrogen) atoms. The van der Waals surface area contributed by atoms with E-state index in [1.54, 1.807) is 0 Å². The molecule has 0 amide bonds. The second-order valence-electron chi connectivity index (χ2n) is 19.6. The summed E-state index contributed by atoms with van der Waals surface area (Å²) in [4.78, 5) is 38.1. The first-order valence-corrected chi connectivity index (χ1v) is 28.8. The van der Waals surface area contributed by atoms with E-state index in [1.165, 1.54) is 212 Å². The van der Waals surface area contributed by atoms with Gasteiger partial charge in [0.2, 0.25) is 0 Å². The van der Waals surface area contributed by atoms with Gasteiger partial charge in [0, 0.05) is 19.3 Å². The minimum atomic E-state index is -0.773. The minimum Gasteiger partial charge on any atom is -0.462 e. The lowest BCUT2D eigenvalue weighted by Gasteiger charge is -2.18. The third-order valence-electron chi connectivity index (χ3n) is 12.9. The summed E-state index contributed by atoms with van der Waals surface area (Å²) in [6, 6.07) is 0. The van der Waals surface area contributed by atoms with Crippen molar-refractivity contribution in [2.75, 3.05) is 13.2 Å². The van der Waals surface area contributed by atoms with Crippen LogP contribution in [0.1, 0.15) is 316 Å². The van der Waals surface area contributed by atoms with Crippen molar-refractivity contribution in [3.05, 3.63) is 24.3 Å². The highest BCUT2D eigenvalue weighted by Gasteiger charge is 2.19. The van der Waals surface area contributed by atoms with Gasteiger partial charge in [-0.05, 0) is 70.6 Å². The van der Waals surface area contributed by atoms with Gasteiger partial charge in [0.1, 0.15) is 13.2 Å². The summed E-state index contributed by atoms with van der Waals surface area (Å²) in [6.45, 7) is 6.67. The zero-order valence-corrected chi connectivity index (χ0v) is 43.8. The van der Waals surface area contributed by atoms with Crippen LogP contribution in [-0.2, 0) is 28.6 Å². The second-order valence-corrected chi connectivity index (χ2v) is 19.6. The molecule has 0 aromatic carbocycles. The maximum atomic E-state index is 12.8. The van der Waals surface area contributed by atoms with Crippen LogP contribution >= 0.6 is 0 Å². The molecule has 0 aromatic heterocycles. The van der Waals surface area contributed by atoms with Crippen LogP contribution in [0.25, 0.3) is 0 Å². The van der Waals surface area contributed by atoms with E-state index in [2.05, 4.69) is 45.1 Å². The molecule has 0 N–H and O–H groups in total. The lowest BCUT2D eigenvalue weighted by molar-refractivity contribution is -0.167. The molecule has 0 radical (unpaired) electrons. The molecule has 382 valence electrons. The van der Waals surface area contributed by atoms with E-state index in [9.17, 15) is 14.4 Å². The van der Waals surface area contributed by atoms with Crippen molar-refractivity contribution in [2.24, 2.45) is 0 Å². The number of carbonyl (C=O) groups is 3. The van der Waals surface area contributed by atoms with Gasteiger partial charge in [0.15, 0.2) is 6.10 Å². The third-order valence-corrected chi connectivity index (χ3v) is 12.9. The van der Waals surface area contributed by atoms with Crippen LogP contribution in [0, 0.1) is 0 Å². The van der Waals surface area contributed by atoms with E-state index < -0.39 is 6.10 Å². The number of esters is 3. The number of hydrogen-bond acceptors (Lipinski definition) is 6. The Morgan fingerprint density at radius 1 is 0.292 bits per heavy atom. The highest BCUT2D eigenvalue weighted by molar-refractivity contribution is 5.71. The fraction of sp³-hybridized carbons (Fsp3) is 0.881. The Hall–Kier alpha value is -2.11. The van der Waals surface area contributed by atoms with Crippen molar-refractivity contribution in [1.82, 2.24) is 0 Å². The average Bonchev–Trinajstić information content (AvgIpc) is 3.30. The molecule has 0 aliphatic heterocycles. The summed E-state index contributed by atoms with van der Waals surface area (Å²) in [5.41, 5.74) is 0. The van der Waals surface area contributed by atoms with Crippen LogP contribution in [0.3, 0.4) is 0 Å². The molecule has 0 bridgehead atoms. The molecule has 0 heterocycles. The monoisotopic (exact) mass is 915 g/mol. The van der Waals surface area contributed by atoms with Crippen LogP contribution in [0.5, 0.6) is 0 Å². The van der Waals surface area contributed by atoms with E-state index in [4.69, 9.17) is 14.2 Å². The summed E-state index contributed by atoms with van der Waals surface area (Å²) in [5.74, 6) is -0.865. The standard InChI is InChI=1S/C59H110O6/c1-4-7-10-13-16-19-22-25-28-29-32-34-37-40-43-46-49-52-58(61)64-55-56(65-59(62)53-50-47-44-41-38-35-31-27-24-21-18-15-12-9-6-3)54-63-57(60)51-48-45-42-39-36-33-30-26-23-20-17-14-11-8-5-2/h25,27-28,31,56H,4-24,26,29-30,32-55H2,1-3H3. The molecule has 0 saturated carbocycles. The molecule has 6 nitrogen and oxygen atoms in total. The maximum Gasteiger partial charge on any atom is 0.306 e. The van der Waals surface area contributed by atoms with Gasteiger partial charge in [-0.25, -0.2) is 0 Å². The molecule has 0 aliphatic carbocycles. The van der Waals surface area contributed by atoms with Crippen LogP contribution in [0.15, 0.2) is 24.3 Å². The molecule has 1 atom stereocenters. The highest BCUT2D eigenvalue weighted by atomic mass is 16.6. The minimum absolute atomic E-state index is 0.0715. The van der Waals surface area contributed by atoms with Gasteiger partial charge >= 0.3 is 17.9 Å². The van der Waals surface area contributed by atoms with Crippen molar-refractivity contribution >= 4 is 17.9 Å².